The van der Waals surface area contributed by atoms with Gasteiger partial charge in [0.05, 0.1) is 7.11 Å². The molecule has 0 aromatic heterocycles. The van der Waals surface area contributed by atoms with Crippen molar-refractivity contribution in [1.29, 1.82) is 0 Å². The lowest BCUT2D eigenvalue weighted by Crippen LogP contribution is -2.34. The number of amides is 2. The Balaban J connectivity index is 1.82. The van der Waals surface area contributed by atoms with Crippen molar-refractivity contribution in [2.24, 2.45) is 5.41 Å². The van der Waals surface area contributed by atoms with Gasteiger partial charge >= 0.3 is 10.1 Å². The Hall–Kier alpha value is -3.07. The van der Waals surface area contributed by atoms with Crippen LogP contribution in [0, 0.1) is 5.41 Å². The van der Waals surface area contributed by atoms with E-state index in [0.717, 1.165) is 18.4 Å². The largest absolute Gasteiger partial charge is 0.493 e. The molecule has 0 bridgehead atoms. The second-order valence-corrected chi connectivity index (χ2v) is 11.3. The monoisotopic (exact) mass is 488 g/mol. The quantitative estimate of drug-likeness (QED) is 0.527. The maximum atomic E-state index is 12.9. The van der Waals surface area contributed by atoms with Crippen molar-refractivity contribution in [2.45, 2.75) is 64.4 Å². The van der Waals surface area contributed by atoms with E-state index in [4.69, 9.17) is 8.92 Å². The zero-order chi connectivity index (χ0) is 25.1. The molecule has 0 saturated heterocycles. The third kappa shape index (κ3) is 6.96. The van der Waals surface area contributed by atoms with Crippen molar-refractivity contribution in [3.63, 3.8) is 0 Å². The van der Waals surface area contributed by atoms with Crippen LogP contribution >= 0.6 is 0 Å². The lowest BCUT2D eigenvalue weighted by Gasteiger charge is -2.27. The maximum absolute atomic E-state index is 12.9. The van der Waals surface area contributed by atoms with Gasteiger partial charge in [-0.3, -0.25) is 9.59 Å². The molecule has 2 aromatic carbocycles. The molecule has 0 unspecified atom stereocenters. The molecule has 1 aliphatic rings. The highest BCUT2D eigenvalue weighted by Gasteiger charge is 2.34. The first-order valence-electron chi connectivity index (χ1n) is 11.2. The van der Waals surface area contributed by atoms with Crippen LogP contribution in [0.5, 0.6) is 11.5 Å². The summed E-state index contributed by atoms with van der Waals surface area (Å²) in [6.07, 6.45) is 2.38. The molecule has 0 aliphatic heterocycles. The Labute approximate surface area is 201 Å². The van der Waals surface area contributed by atoms with E-state index in [1.165, 1.54) is 38.3 Å². The average molecular weight is 489 g/mol. The molecule has 9 heteroatoms. The average Bonchev–Trinajstić information content (AvgIpc) is 3.55. The number of rotatable bonds is 9. The summed E-state index contributed by atoms with van der Waals surface area (Å²) >= 11 is 0. The minimum atomic E-state index is -4.15. The molecular formula is C25H32N2O6S. The molecule has 0 heterocycles. The van der Waals surface area contributed by atoms with Crippen LogP contribution in [0.15, 0.2) is 47.4 Å². The minimum Gasteiger partial charge on any atom is -0.493 e. The molecule has 0 spiro atoms. The first kappa shape index (κ1) is 25.6. The molecule has 0 atom stereocenters. The molecule has 1 fully saturated rings. The van der Waals surface area contributed by atoms with Gasteiger partial charge in [-0.2, -0.15) is 8.42 Å². The summed E-state index contributed by atoms with van der Waals surface area (Å²) in [7, 11) is -2.72. The van der Waals surface area contributed by atoms with Crippen molar-refractivity contribution in [3.05, 3.63) is 48.0 Å². The van der Waals surface area contributed by atoms with Gasteiger partial charge in [0.2, 0.25) is 11.8 Å². The Bertz CT molecular complexity index is 1150. The van der Waals surface area contributed by atoms with Crippen molar-refractivity contribution in [2.75, 3.05) is 12.4 Å². The fourth-order valence-corrected chi connectivity index (χ4v) is 4.45. The summed E-state index contributed by atoms with van der Waals surface area (Å²) in [5, 5.41) is 2.59. The van der Waals surface area contributed by atoms with Gasteiger partial charge in [-0.1, -0.05) is 26.8 Å². The number of benzene rings is 2. The number of nitrogens with one attached hydrogen (secondary N) is 1. The Morgan fingerprint density at radius 3 is 2.24 bits per heavy atom. The predicted octanol–water partition coefficient (Wildman–Crippen LogP) is 4.35. The molecular weight excluding hydrogens is 456 g/mol. The van der Waals surface area contributed by atoms with Gasteiger partial charge in [0.1, 0.15) is 4.90 Å². The fraction of sp³-hybridized carbons (Fsp3) is 0.440. The zero-order valence-corrected chi connectivity index (χ0v) is 21.1. The molecule has 34 heavy (non-hydrogen) atoms. The summed E-state index contributed by atoms with van der Waals surface area (Å²) in [4.78, 5) is 25.9. The fourth-order valence-electron chi connectivity index (χ4n) is 3.52. The van der Waals surface area contributed by atoms with Gasteiger partial charge in [-0.05, 0) is 60.2 Å². The van der Waals surface area contributed by atoms with E-state index in [1.54, 1.807) is 18.2 Å². The number of anilines is 1. The predicted molar refractivity (Wildman–Crippen MR) is 129 cm³/mol. The van der Waals surface area contributed by atoms with Gasteiger partial charge in [-0.15, -0.1) is 0 Å². The van der Waals surface area contributed by atoms with Crippen molar-refractivity contribution in [3.8, 4) is 11.5 Å². The third-order valence-corrected chi connectivity index (χ3v) is 6.48. The molecule has 1 aliphatic carbocycles. The highest BCUT2D eigenvalue weighted by molar-refractivity contribution is 7.87. The number of nitrogens with zero attached hydrogens (tertiary/aromatic N) is 1. The smallest absolute Gasteiger partial charge is 0.339 e. The Morgan fingerprint density at radius 2 is 1.71 bits per heavy atom. The van der Waals surface area contributed by atoms with Crippen molar-refractivity contribution < 1.29 is 26.9 Å². The standard InChI is InChI=1S/C25H32N2O6S/c1-17(28)26-19-7-11-21(12-8-19)34(30,31)33-23-14-18(6-13-22(23)32-5)16-27(20-9-10-20)24(29)15-25(2,3)4/h6-8,11-14,20H,9-10,15-16H2,1-5H3,(H,26,28). The molecule has 1 saturated carbocycles. The van der Waals surface area contributed by atoms with Gasteiger partial charge in [0.15, 0.2) is 11.5 Å². The Kier molecular flexibility index (Phi) is 7.55. The molecule has 2 aromatic rings. The van der Waals surface area contributed by atoms with E-state index in [1.807, 2.05) is 25.7 Å². The summed E-state index contributed by atoms with van der Waals surface area (Å²) in [6.45, 7) is 7.83. The van der Waals surface area contributed by atoms with Crippen LogP contribution < -0.4 is 14.2 Å². The van der Waals surface area contributed by atoms with Crippen LogP contribution in [0.1, 0.15) is 52.5 Å². The normalized spacial score (nSPS) is 13.8. The lowest BCUT2D eigenvalue weighted by atomic mass is 9.91. The van der Waals surface area contributed by atoms with Crippen molar-refractivity contribution >= 4 is 27.6 Å². The van der Waals surface area contributed by atoms with E-state index >= 15 is 0 Å². The second kappa shape index (κ2) is 10.0. The molecule has 2 amide bonds. The molecule has 3 rings (SSSR count). The number of hydrogen-bond donors (Lipinski definition) is 1. The van der Waals surface area contributed by atoms with Gasteiger partial charge in [-0.25, -0.2) is 0 Å². The summed E-state index contributed by atoms with van der Waals surface area (Å²) in [5.41, 5.74) is 1.11. The van der Waals surface area contributed by atoms with Crippen LogP contribution in [0.2, 0.25) is 0 Å². The molecule has 184 valence electrons. The van der Waals surface area contributed by atoms with Crippen molar-refractivity contribution in [1.82, 2.24) is 4.90 Å². The number of ether oxygens (including phenoxy) is 1. The summed E-state index contributed by atoms with van der Waals surface area (Å²) < 4.78 is 36.5. The third-order valence-electron chi connectivity index (χ3n) is 5.23. The van der Waals surface area contributed by atoms with Crippen LogP contribution in [-0.2, 0) is 26.3 Å². The minimum absolute atomic E-state index is 0.0463. The summed E-state index contributed by atoms with van der Waals surface area (Å²) in [6, 6.07) is 10.9. The molecule has 1 N–H and O–H groups in total. The van der Waals surface area contributed by atoms with E-state index < -0.39 is 10.1 Å². The van der Waals surface area contributed by atoms with E-state index in [0.29, 0.717) is 18.7 Å². The van der Waals surface area contributed by atoms with E-state index in [9.17, 15) is 18.0 Å². The van der Waals surface area contributed by atoms with Gasteiger partial charge in [0, 0.05) is 31.6 Å². The number of carbonyl (C=O) groups excluding carboxylic acids is 2. The van der Waals surface area contributed by atoms with E-state index in [2.05, 4.69) is 5.32 Å². The van der Waals surface area contributed by atoms with Crippen LogP contribution in [-0.4, -0.2) is 38.3 Å². The maximum Gasteiger partial charge on any atom is 0.339 e. The SMILES string of the molecule is COc1ccc(CN(C(=O)CC(C)(C)C)C2CC2)cc1OS(=O)(=O)c1ccc(NC(C)=O)cc1. The second-order valence-electron chi connectivity index (χ2n) is 9.72. The number of methoxy groups -OCH3 is 1. The van der Waals surface area contributed by atoms with Gasteiger partial charge < -0.3 is 19.1 Å². The first-order chi connectivity index (χ1) is 15.9. The highest BCUT2D eigenvalue weighted by atomic mass is 32.2. The first-order valence-corrected chi connectivity index (χ1v) is 12.6. The lowest BCUT2D eigenvalue weighted by molar-refractivity contribution is -0.134. The van der Waals surface area contributed by atoms with Crippen LogP contribution in [0.3, 0.4) is 0 Å². The number of hydrogen-bond acceptors (Lipinski definition) is 6. The highest BCUT2D eigenvalue weighted by Crippen LogP contribution is 2.35. The topological polar surface area (TPSA) is 102 Å². The van der Waals surface area contributed by atoms with Crippen LogP contribution in [0.4, 0.5) is 5.69 Å². The summed E-state index contributed by atoms with van der Waals surface area (Å²) in [5.74, 6) is 0.140. The van der Waals surface area contributed by atoms with Gasteiger partial charge in [0.25, 0.3) is 0 Å². The Morgan fingerprint density at radius 1 is 1.06 bits per heavy atom. The zero-order valence-electron chi connectivity index (χ0n) is 20.3. The van der Waals surface area contributed by atoms with Crippen LogP contribution in [0.25, 0.3) is 0 Å². The molecule has 0 radical (unpaired) electrons. The number of carbonyl (C=O) groups is 2. The van der Waals surface area contributed by atoms with E-state index in [-0.39, 0.29) is 39.7 Å². The molecule has 8 nitrogen and oxygen atoms in total.